The number of nitrogens with one attached hydrogen (secondary N) is 1. The van der Waals surface area contributed by atoms with Gasteiger partial charge >= 0.3 is 0 Å². The van der Waals surface area contributed by atoms with E-state index in [-0.39, 0.29) is 12.5 Å². The molecule has 0 aromatic heterocycles. The molecule has 0 rings (SSSR count). The summed E-state index contributed by atoms with van der Waals surface area (Å²) in [5.74, 6) is -0.370. The van der Waals surface area contributed by atoms with Crippen molar-refractivity contribution in [1.82, 2.24) is 5.32 Å². The van der Waals surface area contributed by atoms with Crippen molar-refractivity contribution in [3.8, 4) is 0 Å². The molecule has 0 spiro atoms. The van der Waals surface area contributed by atoms with Crippen LogP contribution in [0.5, 0.6) is 0 Å². The van der Waals surface area contributed by atoms with Gasteiger partial charge in [0, 0.05) is 0 Å². The van der Waals surface area contributed by atoms with E-state index in [1.165, 1.54) is 0 Å². The summed E-state index contributed by atoms with van der Waals surface area (Å²) in [6, 6.07) is 0. The quantitative estimate of drug-likeness (QED) is 0.502. The van der Waals surface area contributed by atoms with Crippen LogP contribution in [0.25, 0.3) is 0 Å². The molecule has 5 nitrogen and oxygen atoms in total. The Hall–Kier alpha value is -0.720. The minimum absolute atomic E-state index is 0.108. The molecule has 0 aliphatic rings. The van der Waals surface area contributed by atoms with Gasteiger partial charge in [0.05, 0.1) is 23.5 Å². The van der Waals surface area contributed by atoms with Gasteiger partial charge in [0.25, 0.3) is 0 Å². The molecule has 0 aliphatic heterocycles. The van der Waals surface area contributed by atoms with E-state index in [1.807, 2.05) is 0 Å². The first kappa shape index (κ1) is 12.3. The maximum Gasteiger partial charge on any atom is 0.243 e. The molecule has 0 bridgehead atoms. The topological polar surface area (TPSA) is 78.5 Å². The van der Waals surface area contributed by atoms with Crippen LogP contribution in [0, 0.1) is 0 Å². The van der Waals surface area contributed by atoms with E-state index in [2.05, 4.69) is 16.1 Å². The van der Waals surface area contributed by atoms with Crippen molar-refractivity contribution in [3.05, 3.63) is 12.7 Å². The van der Waals surface area contributed by atoms with Gasteiger partial charge in [0.2, 0.25) is 5.91 Å². The van der Waals surface area contributed by atoms with Crippen LogP contribution in [0.4, 0.5) is 0 Å². The molecule has 1 N–H and O–H groups in total. The van der Waals surface area contributed by atoms with E-state index in [9.17, 15) is 13.6 Å². The van der Waals surface area contributed by atoms with Crippen LogP contribution in [-0.2, 0) is 20.3 Å². The molecule has 1 amide bonds. The predicted octanol–water partition coefficient (Wildman–Crippen LogP) is -0.122. The largest absolute Gasteiger partial charge is 0.750 e. The van der Waals surface area contributed by atoms with E-state index in [4.69, 9.17) is 0 Å². The van der Waals surface area contributed by atoms with Gasteiger partial charge in [-0.1, -0.05) is 6.58 Å². The van der Waals surface area contributed by atoms with Crippen LogP contribution >= 0.6 is 0 Å². The molecule has 0 heterocycles. The second kappa shape index (κ2) is 5.11. The zero-order valence-electron chi connectivity index (χ0n) is 7.53. The summed E-state index contributed by atoms with van der Waals surface area (Å²) in [6.07, 6.45) is 1.11. The number of carbonyl (C=O) groups excluding carboxylic acids is 1. The van der Waals surface area contributed by atoms with E-state index in [0.717, 1.165) is 6.08 Å². The molecular weight excluding hydrogens is 194 g/mol. The molecular formula is C7H12NO4S-. The SMILES string of the molecule is C=CC(=O)NC(C)(C)COS(=O)[O-]. The minimum Gasteiger partial charge on any atom is -0.750 e. The summed E-state index contributed by atoms with van der Waals surface area (Å²) in [4.78, 5) is 10.8. The maximum absolute atomic E-state index is 10.8. The molecule has 0 saturated carbocycles. The van der Waals surface area contributed by atoms with Crippen LogP contribution in [-0.4, -0.2) is 26.8 Å². The second-order valence-electron chi connectivity index (χ2n) is 3.04. The van der Waals surface area contributed by atoms with E-state index in [1.54, 1.807) is 13.8 Å². The van der Waals surface area contributed by atoms with E-state index < -0.39 is 16.9 Å². The Morgan fingerprint density at radius 1 is 1.77 bits per heavy atom. The van der Waals surface area contributed by atoms with Crippen LogP contribution < -0.4 is 5.32 Å². The lowest BCUT2D eigenvalue weighted by atomic mass is 10.1. The Morgan fingerprint density at radius 2 is 2.31 bits per heavy atom. The monoisotopic (exact) mass is 206 g/mol. The third kappa shape index (κ3) is 6.44. The third-order valence-electron chi connectivity index (χ3n) is 1.16. The molecule has 0 saturated heterocycles. The van der Waals surface area contributed by atoms with Crippen LogP contribution in [0.15, 0.2) is 12.7 Å². The summed E-state index contributed by atoms with van der Waals surface area (Å²) < 4.78 is 24.4. The van der Waals surface area contributed by atoms with Gasteiger partial charge in [-0.2, -0.15) is 0 Å². The predicted molar refractivity (Wildman–Crippen MR) is 47.3 cm³/mol. The Kier molecular flexibility index (Phi) is 4.82. The highest BCUT2D eigenvalue weighted by Gasteiger charge is 2.19. The van der Waals surface area contributed by atoms with Gasteiger partial charge in [-0.15, -0.1) is 0 Å². The number of amides is 1. The van der Waals surface area contributed by atoms with Gasteiger partial charge in [0.15, 0.2) is 0 Å². The second-order valence-corrected chi connectivity index (χ2v) is 3.69. The normalized spacial score (nSPS) is 13.5. The summed E-state index contributed by atoms with van der Waals surface area (Å²) in [6.45, 7) is 6.44. The fraction of sp³-hybridized carbons (Fsp3) is 0.571. The van der Waals surface area contributed by atoms with Gasteiger partial charge in [-0.05, 0) is 19.9 Å². The summed E-state index contributed by atoms with van der Waals surface area (Å²) in [5, 5.41) is 2.51. The van der Waals surface area contributed by atoms with Crippen molar-refractivity contribution in [3.63, 3.8) is 0 Å². The lowest BCUT2D eigenvalue weighted by Crippen LogP contribution is -2.46. The van der Waals surface area contributed by atoms with Gasteiger partial charge in [-0.25, -0.2) is 4.21 Å². The van der Waals surface area contributed by atoms with Crippen molar-refractivity contribution in [2.45, 2.75) is 19.4 Å². The standard InChI is InChI=1S/C7H13NO4S/c1-4-6(9)8-7(2,3)5-12-13(10)11/h4H,1,5H2,2-3H3,(H,8,9)(H,10,11)/p-1. The molecule has 1 atom stereocenters. The minimum atomic E-state index is -2.56. The summed E-state index contributed by atoms with van der Waals surface area (Å²) in [5.41, 5.74) is -0.731. The first-order valence-electron chi connectivity index (χ1n) is 3.54. The van der Waals surface area contributed by atoms with Gasteiger partial charge in [0.1, 0.15) is 0 Å². The smallest absolute Gasteiger partial charge is 0.243 e. The third-order valence-corrected chi connectivity index (χ3v) is 1.47. The van der Waals surface area contributed by atoms with Crippen molar-refractivity contribution in [2.75, 3.05) is 6.61 Å². The highest BCUT2D eigenvalue weighted by Crippen LogP contribution is 2.03. The molecule has 6 heteroatoms. The summed E-state index contributed by atoms with van der Waals surface area (Å²) >= 11 is -2.56. The van der Waals surface area contributed by atoms with E-state index >= 15 is 0 Å². The molecule has 76 valence electrons. The fourth-order valence-corrected chi connectivity index (χ4v) is 1.01. The Labute approximate surface area is 79.7 Å². The lowest BCUT2D eigenvalue weighted by Gasteiger charge is -2.25. The fourth-order valence-electron chi connectivity index (χ4n) is 0.616. The molecule has 0 radical (unpaired) electrons. The molecule has 0 aliphatic carbocycles. The van der Waals surface area contributed by atoms with Crippen LogP contribution in [0.3, 0.4) is 0 Å². The first-order chi connectivity index (χ1) is 5.87. The molecule has 1 unspecified atom stereocenters. The Bertz CT molecular complexity index is 227. The maximum atomic E-state index is 10.8. The van der Waals surface area contributed by atoms with Crippen molar-refractivity contribution in [1.29, 1.82) is 0 Å². The van der Waals surface area contributed by atoms with Crippen molar-refractivity contribution < 1.29 is 17.7 Å². The zero-order valence-corrected chi connectivity index (χ0v) is 8.35. The number of hydrogen-bond acceptors (Lipinski definition) is 4. The Morgan fingerprint density at radius 3 is 2.69 bits per heavy atom. The Balaban J connectivity index is 3.99. The van der Waals surface area contributed by atoms with Crippen LogP contribution in [0.1, 0.15) is 13.8 Å². The van der Waals surface area contributed by atoms with Gasteiger partial charge < -0.3 is 9.87 Å². The average Bonchev–Trinajstić information content (AvgIpc) is 2.00. The highest BCUT2D eigenvalue weighted by molar-refractivity contribution is 7.74. The highest BCUT2D eigenvalue weighted by atomic mass is 32.2. The zero-order chi connectivity index (χ0) is 10.5. The summed E-state index contributed by atoms with van der Waals surface area (Å²) in [7, 11) is 0. The average molecular weight is 206 g/mol. The van der Waals surface area contributed by atoms with Crippen LogP contribution in [0.2, 0.25) is 0 Å². The first-order valence-corrected chi connectivity index (χ1v) is 4.54. The van der Waals surface area contributed by atoms with E-state index in [0.29, 0.717) is 0 Å². The lowest BCUT2D eigenvalue weighted by molar-refractivity contribution is -0.118. The molecule has 13 heavy (non-hydrogen) atoms. The molecule has 0 aromatic carbocycles. The molecule has 0 aromatic rings. The number of rotatable bonds is 5. The van der Waals surface area contributed by atoms with Crippen molar-refractivity contribution in [2.24, 2.45) is 0 Å². The molecule has 0 fully saturated rings. The van der Waals surface area contributed by atoms with Gasteiger partial charge in [-0.3, -0.25) is 8.98 Å². The number of carbonyl (C=O) groups is 1. The van der Waals surface area contributed by atoms with Crippen molar-refractivity contribution >= 4 is 17.3 Å². The number of hydrogen-bond donors (Lipinski definition) is 1.